The van der Waals surface area contributed by atoms with Crippen LogP contribution in [0.4, 0.5) is 23.7 Å². The Hall–Kier alpha value is -3.12. The minimum atomic E-state index is -4.50. The number of anilines is 1. The highest BCUT2D eigenvalue weighted by Gasteiger charge is 2.33. The molecule has 2 N–H and O–H groups in total. The van der Waals surface area contributed by atoms with E-state index in [-0.39, 0.29) is 24.9 Å². The molecule has 3 heterocycles. The Morgan fingerprint density at radius 1 is 1.12 bits per heavy atom. The molecule has 1 amide bonds. The Kier molecular flexibility index (Phi) is 6.80. The van der Waals surface area contributed by atoms with E-state index in [2.05, 4.69) is 5.10 Å². The van der Waals surface area contributed by atoms with E-state index < -0.39 is 29.8 Å². The Balaban J connectivity index is 1.35. The van der Waals surface area contributed by atoms with Crippen molar-refractivity contribution in [2.24, 2.45) is 0 Å². The molecule has 2 aliphatic rings. The number of halogens is 3. The molecule has 2 aliphatic heterocycles. The third-order valence-electron chi connectivity index (χ3n) is 6.04. The summed E-state index contributed by atoms with van der Waals surface area (Å²) in [7, 11) is 0. The molecule has 2 saturated heterocycles. The van der Waals surface area contributed by atoms with Crippen molar-refractivity contribution < 1.29 is 37.7 Å². The number of β-amino-alcohol motifs (C(OH)–C–C–N with tert-alkyl or cyclic N) is 1. The SMILES string of the molecule is O=C(O)c1ccn(C(=O)N2CCC(OCc3cc(N4CC[C@H](O)C4)cc(C(F)(F)F)c3)CC2)n1. The van der Waals surface area contributed by atoms with Gasteiger partial charge in [-0.3, -0.25) is 0 Å². The molecule has 34 heavy (non-hydrogen) atoms. The molecule has 2 aromatic rings. The first-order chi connectivity index (χ1) is 16.1. The molecule has 0 spiro atoms. The third-order valence-corrected chi connectivity index (χ3v) is 6.04. The van der Waals surface area contributed by atoms with E-state index >= 15 is 0 Å². The minimum Gasteiger partial charge on any atom is -0.476 e. The monoisotopic (exact) mass is 482 g/mol. The topological polar surface area (TPSA) is 108 Å². The fraction of sp³-hybridized carbons (Fsp3) is 0.500. The number of carboxylic acids is 1. The maximum atomic E-state index is 13.4. The number of hydrogen-bond donors (Lipinski definition) is 2. The van der Waals surface area contributed by atoms with Crippen LogP contribution in [0, 0.1) is 0 Å². The normalized spacial score (nSPS) is 19.6. The number of hydrogen-bond acceptors (Lipinski definition) is 6. The number of carbonyl (C=O) groups is 2. The first-order valence-electron chi connectivity index (χ1n) is 10.9. The van der Waals surface area contributed by atoms with Gasteiger partial charge in [-0.05, 0) is 49.1 Å². The lowest BCUT2D eigenvalue weighted by atomic mass is 10.1. The number of aliphatic hydroxyl groups is 1. The summed E-state index contributed by atoms with van der Waals surface area (Å²) in [6, 6.07) is 4.62. The smallest absolute Gasteiger partial charge is 0.416 e. The predicted octanol–water partition coefficient (Wildman–Crippen LogP) is 2.82. The second-order valence-electron chi connectivity index (χ2n) is 8.51. The lowest BCUT2D eigenvalue weighted by Crippen LogP contribution is -2.43. The van der Waals surface area contributed by atoms with Gasteiger partial charge in [-0.25, -0.2) is 9.59 Å². The average Bonchev–Trinajstić information content (AvgIpc) is 3.46. The van der Waals surface area contributed by atoms with Gasteiger partial charge in [0.25, 0.3) is 0 Å². The number of carbonyl (C=O) groups excluding carboxylic acids is 1. The summed E-state index contributed by atoms with van der Waals surface area (Å²) in [6.07, 6.45) is -2.51. The van der Waals surface area contributed by atoms with Gasteiger partial charge in [0.05, 0.1) is 24.4 Å². The van der Waals surface area contributed by atoms with Gasteiger partial charge in [-0.1, -0.05) is 0 Å². The number of carboxylic acid groups (broad SMARTS) is 1. The van der Waals surface area contributed by atoms with Gasteiger partial charge in [0, 0.05) is 38.1 Å². The van der Waals surface area contributed by atoms with Crippen molar-refractivity contribution in [1.29, 1.82) is 0 Å². The maximum absolute atomic E-state index is 13.4. The number of amides is 1. The number of benzene rings is 1. The molecule has 0 unspecified atom stereocenters. The lowest BCUT2D eigenvalue weighted by Gasteiger charge is -2.31. The first-order valence-corrected chi connectivity index (χ1v) is 10.9. The van der Waals surface area contributed by atoms with Crippen molar-refractivity contribution in [3.63, 3.8) is 0 Å². The highest BCUT2D eigenvalue weighted by atomic mass is 19.4. The molecule has 4 rings (SSSR count). The molecule has 0 aliphatic carbocycles. The molecule has 2 fully saturated rings. The van der Waals surface area contributed by atoms with Crippen molar-refractivity contribution in [1.82, 2.24) is 14.7 Å². The number of alkyl halides is 3. The van der Waals surface area contributed by atoms with Gasteiger partial charge in [0.2, 0.25) is 0 Å². The average molecular weight is 482 g/mol. The van der Waals surface area contributed by atoms with Crippen molar-refractivity contribution in [3.8, 4) is 0 Å². The highest BCUT2D eigenvalue weighted by molar-refractivity contribution is 5.86. The van der Waals surface area contributed by atoms with Gasteiger partial charge >= 0.3 is 18.2 Å². The summed E-state index contributed by atoms with van der Waals surface area (Å²) < 4.78 is 47.1. The van der Waals surface area contributed by atoms with E-state index in [1.807, 2.05) is 0 Å². The van der Waals surface area contributed by atoms with Crippen LogP contribution in [0.5, 0.6) is 0 Å². The van der Waals surface area contributed by atoms with Crippen LogP contribution < -0.4 is 4.90 Å². The van der Waals surface area contributed by atoms with Crippen LogP contribution >= 0.6 is 0 Å². The number of piperidine rings is 1. The van der Waals surface area contributed by atoms with Crippen LogP contribution in [0.25, 0.3) is 0 Å². The van der Waals surface area contributed by atoms with E-state index in [4.69, 9.17) is 9.84 Å². The summed E-state index contributed by atoms with van der Waals surface area (Å²) in [5.41, 5.74) is -0.186. The molecular weight excluding hydrogens is 457 g/mol. The van der Waals surface area contributed by atoms with Crippen LogP contribution in [0.15, 0.2) is 30.5 Å². The molecule has 1 aromatic heterocycles. The van der Waals surface area contributed by atoms with Crippen molar-refractivity contribution in [3.05, 3.63) is 47.3 Å². The zero-order valence-electron chi connectivity index (χ0n) is 18.2. The van der Waals surface area contributed by atoms with Crippen LogP contribution in [-0.2, 0) is 17.5 Å². The number of nitrogens with zero attached hydrogens (tertiary/aromatic N) is 4. The van der Waals surface area contributed by atoms with Gasteiger partial charge < -0.3 is 24.7 Å². The number of aliphatic hydroxyl groups excluding tert-OH is 1. The highest BCUT2D eigenvalue weighted by Crippen LogP contribution is 2.34. The molecule has 0 radical (unpaired) electrons. The summed E-state index contributed by atoms with van der Waals surface area (Å²) in [5.74, 6) is -1.22. The number of aromatic nitrogens is 2. The quantitative estimate of drug-likeness (QED) is 0.675. The number of likely N-dealkylation sites (tertiary alicyclic amines) is 1. The van der Waals surface area contributed by atoms with Crippen LogP contribution in [0.1, 0.15) is 40.9 Å². The zero-order chi connectivity index (χ0) is 24.5. The molecule has 12 heteroatoms. The van der Waals surface area contributed by atoms with E-state index in [0.29, 0.717) is 50.1 Å². The van der Waals surface area contributed by atoms with Gasteiger partial charge in [0.15, 0.2) is 5.69 Å². The number of rotatable bonds is 5. The fourth-order valence-corrected chi connectivity index (χ4v) is 4.20. The summed E-state index contributed by atoms with van der Waals surface area (Å²) >= 11 is 0. The van der Waals surface area contributed by atoms with Gasteiger partial charge in [0.1, 0.15) is 0 Å². The predicted molar refractivity (Wildman–Crippen MR) is 114 cm³/mol. The Morgan fingerprint density at radius 3 is 2.44 bits per heavy atom. The minimum absolute atomic E-state index is 0.00689. The number of ether oxygens (including phenoxy) is 1. The molecule has 0 bridgehead atoms. The summed E-state index contributed by atoms with van der Waals surface area (Å²) in [5, 5.41) is 22.4. The first kappa shape index (κ1) is 24.0. The standard InChI is InChI=1S/C22H25F3N4O5/c23-22(24,25)15-9-14(10-16(11-15)28-5-1-17(30)12-28)13-34-18-2-6-27(7-3-18)21(33)29-8-4-19(26-29)20(31)32/h4,8-11,17-18,30H,1-3,5-7,12-13H2,(H,31,32)/t17-/m0/s1. The van der Waals surface area contributed by atoms with E-state index in [0.717, 1.165) is 16.8 Å². The zero-order valence-corrected chi connectivity index (χ0v) is 18.2. The molecule has 1 aromatic carbocycles. The fourth-order valence-electron chi connectivity index (χ4n) is 4.20. The molecule has 9 nitrogen and oxygen atoms in total. The van der Waals surface area contributed by atoms with Crippen molar-refractivity contribution >= 4 is 17.7 Å². The van der Waals surface area contributed by atoms with Crippen molar-refractivity contribution in [2.45, 2.75) is 44.3 Å². The second kappa shape index (κ2) is 9.63. The van der Waals surface area contributed by atoms with Crippen LogP contribution in [0.2, 0.25) is 0 Å². The Morgan fingerprint density at radius 2 is 1.85 bits per heavy atom. The summed E-state index contributed by atoms with van der Waals surface area (Å²) in [4.78, 5) is 26.7. The Bertz CT molecular complexity index is 1050. The Labute approximate surface area is 193 Å². The molecule has 0 saturated carbocycles. The van der Waals surface area contributed by atoms with Crippen LogP contribution in [0.3, 0.4) is 0 Å². The van der Waals surface area contributed by atoms with E-state index in [9.17, 15) is 27.9 Å². The molecule has 184 valence electrons. The van der Waals surface area contributed by atoms with Gasteiger partial charge in [-0.2, -0.15) is 23.0 Å². The lowest BCUT2D eigenvalue weighted by molar-refractivity contribution is -0.137. The third kappa shape index (κ3) is 5.50. The molecular formula is C22H25F3N4O5. The van der Waals surface area contributed by atoms with Crippen molar-refractivity contribution in [2.75, 3.05) is 31.1 Å². The van der Waals surface area contributed by atoms with Gasteiger partial charge in [-0.15, -0.1) is 0 Å². The second-order valence-corrected chi connectivity index (χ2v) is 8.51. The maximum Gasteiger partial charge on any atom is 0.416 e. The number of aromatic carboxylic acids is 1. The largest absolute Gasteiger partial charge is 0.476 e. The molecule has 1 atom stereocenters. The van der Waals surface area contributed by atoms with E-state index in [1.165, 1.54) is 17.2 Å². The van der Waals surface area contributed by atoms with E-state index in [1.54, 1.807) is 11.0 Å². The summed E-state index contributed by atoms with van der Waals surface area (Å²) in [6.45, 7) is 1.47. The van der Waals surface area contributed by atoms with Crippen LogP contribution in [-0.4, -0.2) is 75.3 Å².